The number of carbonyl (C=O) groups excluding carboxylic acids is 1. The van der Waals surface area contributed by atoms with E-state index in [0.29, 0.717) is 15.3 Å². The van der Waals surface area contributed by atoms with Crippen LogP contribution in [0.1, 0.15) is 15.2 Å². The van der Waals surface area contributed by atoms with Crippen molar-refractivity contribution in [2.24, 2.45) is 0 Å². The lowest BCUT2D eigenvalue weighted by molar-refractivity contribution is 0.112. The van der Waals surface area contributed by atoms with Crippen molar-refractivity contribution in [3.05, 3.63) is 40.8 Å². The highest BCUT2D eigenvalue weighted by atomic mass is 32.2. The summed E-state index contributed by atoms with van der Waals surface area (Å²) in [6.45, 7) is 1.87. The fourth-order valence-corrected chi connectivity index (χ4v) is 3.34. The fourth-order valence-electron chi connectivity index (χ4n) is 1.56. The Balaban J connectivity index is 2.51. The largest absolute Gasteiger partial charge is 0.768 e. The van der Waals surface area contributed by atoms with Gasteiger partial charge in [-0.25, -0.2) is 0 Å². The van der Waals surface area contributed by atoms with E-state index in [1.165, 1.54) is 11.3 Å². The Hall–Kier alpha value is -1.30. The maximum absolute atomic E-state index is 11.1. The molecule has 17 heavy (non-hydrogen) atoms. The first kappa shape index (κ1) is 12.2. The van der Waals surface area contributed by atoms with Crippen molar-refractivity contribution in [3.8, 4) is 11.1 Å². The SMILES string of the molecule is Cc1cc(-c2ccc(C=O)cc2)c(S(=O)[O-])s1. The Bertz CT molecular complexity index is 570. The van der Waals surface area contributed by atoms with Gasteiger partial charge in [0.2, 0.25) is 0 Å². The minimum absolute atomic E-state index is 0.335. The van der Waals surface area contributed by atoms with Gasteiger partial charge in [0.05, 0.1) is 4.21 Å². The summed E-state index contributed by atoms with van der Waals surface area (Å²) in [5.74, 6) is 0. The maximum atomic E-state index is 11.1. The molecule has 1 aromatic carbocycles. The predicted octanol–water partition coefficient (Wildman–Crippen LogP) is 2.77. The van der Waals surface area contributed by atoms with Crippen LogP contribution < -0.4 is 0 Å². The number of benzene rings is 1. The van der Waals surface area contributed by atoms with Crippen LogP contribution in [0.25, 0.3) is 11.1 Å². The smallest absolute Gasteiger partial charge is 0.150 e. The molecule has 0 fully saturated rings. The van der Waals surface area contributed by atoms with Crippen LogP contribution in [0.3, 0.4) is 0 Å². The Morgan fingerprint density at radius 3 is 2.47 bits per heavy atom. The van der Waals surface area contributed by atoms with Crippen molar-refractivity contribution in [1.29, 1.82) is 0 Å². The monoisotopic (exact) mass is 265 g/mol. The van der Waals surface area contributed by atoms with Crippen molar-refractivity contribution in [2.45, 2.75) is 11.1 Å². The molecule has 1 aromatic heterocycles. The Kier molecular flexibility index (Phi) is 3.51. The zero-order valence-electron chi connectivity index (χ0n) is 9.01. The standard InChI is InChI=1S/C12H10O3S2/c1-8-6-11(12(16-8)17(14)15)10-4-2-9(7-13)3-5-10/h2-7H,1H3,(H,14,15)/p-1. The third kappa shape index (κ3) is 2.52. The zero-order valence-corrected chi connectivity index (χ0v) is 10.6. The average molecular weight is 265 g/mol. The molecular formula is C12H9O3S2-. The molecule has 5 heteroatoms. The molecule has 0 radical (unpaired) electrons. The molecule has 0 aliphatic carbocycles. The van der Waals surface area contributed by atoms with E-state index in [1.54, 1.807) is 24.3 Å². The van der Waals surface area contributed by atoms with E-state index in [2.05, 4.69) is 0 Å². The maximum Gasteiger partial charge on any atom is 0.150 e. The summed E-state index contributed by atoms with van der Waals surface area (Å²) in [5, 5.41) is 0. The molecule has 1 heterocycles. The number of hydrogen-bond donors (Lipinski definition) is 0. The van der Waals surface area contributed by atoms with Crippen LogP contribution in [0.5, 0.6) is 0 Å². The average Bonchev–Trinajstić information content (AvgIpc) is 2.72. The molecule has 2 rings (SSSR count). The number of carbonyl (C=O) groups is 1. The molecule has 1 unspecified atom stereocenters. The molecule has 0 saturated heterocycles. The third-order valence-corrected chi connectivity index (χ3v) is 4.36. The number of rotatable bonds is 3. The lowest BCUT2D eigenvalue weighted by atomic mass is 10.1. The molecule has 0 saturated carbocycles. The molecule has 3 nitrogen and oxygen atoms in total. The normalized spacial score (nSPS) is 12.4. The Morgan fingerprint density at radius 1 is 1.29 bits per heavy atom. The summed E-state index contributed by atoms with van der Waals surface area (Å²) in [6, 6.07) is 8.69. The second-order valence-electron chi connectivity index (χ2n) is 3.53. The van der Waals surface area contributed by atoms with Crippen molar-refractivity contribution in [3.63, 3.8) is 0 Å². The van der Waals surface area contributed by atoms with E-state index in [9.17, 15) is 13.6 Å². The van der Waals surface area contributed by atoms with Crippen molar-refractivity contribution >= 4 is 28.7 Å². The fraction of sp³-hybridized carbons (Fsp3) is 0.0833. The molecule has 88 valence electrons. The molecule has 0 bridgehead atoms. The van der Waals surface area contributed by atoms with Gasteiger partial charge in [-0.3, -0.25) is 9.00 Å². The lowest BCUT2D eigenvalue weighted by Gasteiger charge is -2.06. The van der Waals surface area contributed by atoms with Crippen molar-refractivity contribution in [1.82, 2.24) is 0 Å². The van der Waals surface area contributed by atoms with Gasteiger partial charge in [0.1, 0.15) is 6.29 Å². The highest BCUT2D eigenvalue weighted by Gasteiger charge is 2.09. The first-order chi connectivity index (χ1) is 8.11. The first-order valence-corrected chi connectivity index (χ1v) is 6.76. The van der Waals surface area contributed by atoms with Gasteiger partial charge in [-0.2, -0.15) is 0 Å². The van der Waals surface area contributed by atoms with Crippen molar-refractivity contribution < 1.29 is 13.6 Å². The second kappa shape index (κ2) is 4.91. The second-order valence-corrected chi connectivity index (χ2v) is 5.93. The summed E-state index contributed by atoms with van der Waals surface area (Å²) in [5.41, 5.74) is 2.07. The summed E-state index contributed by atoms with van der Waals surface area (Å²) in [4.78, 5) is 11.5. The van der Waals surface area contributed by atoms with Gasteiger partial charge in [0.25, 0.3) is 0 Å². The van der Waals surface area contributed by atoms with E-state index < -0.39 is 11.1 Å². The van der Waals surface area contributed by atoms with Crippen LogP contribution in [-0.4, -0.2) is 15.0 Å². The molecule has 0 spiro atoms. The number of aldehydes is 1. The number of thiophene rings is 1. The third-order valence-electron chi connectivity index (χ3n) is 2.33. The van der Waals surface area contributed by atoms with Gasteiger partial charge in [0.15, 0.2) is 0 Å². The summed E-state index contributed by atoms with van der Waals surface area (Å²) < 4.78 is 22.5. The van der Waals surface area contributed by atoms with Crippen LogP contribution in [0, 0.1) is 6.92 Å². The van der Waals surface area contributed by atoms with E-state index in [1.807, 2.05) is 13.0 Å². The Morgan fingerprint density at radius 2 is 1.94 bits per heavy atom. The van der Waals surface area contributed by atoms with Gasteiger partial charge >= 0.3 is 0 Å². The molecule has 0 aliphatic heterocycles. The predicted molar refractivity (Wildman–Crippen MR) is 67.1 cm³/mol. The van der Waals surface area contributed by atoms with E-state index >= 15 is 0 Å². The minimum Gasteiger partial charge on any atom is -0.768 e. The molecule has 0 N–H and O–H groups in total. The first-order valence-electron chi connectivity index (χ1n) is 4.87. The van der Waals surface area contributed by atoms with Gasteiger partial charge in [0, 0.05) is 16.0 Å². The molecule has 1 atom stereocenters. The van der Waals surface area contributed by atoms with Crippen molar-refractivity contribution in [2.75, 3.05) is 0 Å². The van der Waals surface area contributed by atoms with E-state index in [0.717, 1.165) is 16.7 Å². The molecule has 0 aliphatic rings. The van der Waals surface area contributed by atoms with E-state index in [-0.39, 0.29) is 0 Å². The summed E-state index contributed by atoms with van der Waals surface area (Å²) in [6.07, 6.45) is 0.759. The van der Waals surface area contributed by atoms with Crippen LogP contribution in [0.4, 0.5) is 0 Å². The van der Waals surface area contributed by atoms with Crippen LogP contribution in [-0.2, 0) is 11.1 Å². The van der Waals surface area contributed by atoms with Gasteiger partial charge in [-0.1, -0.05) is 24.3 Å². The van der Waals surface area contributed by atoms with Gasteiger partial charge in [-0.05, 0) is 29.6 Å². The lowest BCUT2D eigenvalue weighted by Crippen LogP contribution is -1.88. The van der Waals surface area contributed by atoms with Crippen LogP contribution in [0.15, 0.2) is 34.5 Å². The van der Waals surface area contributed by atoms with Gasteiger partial charge < -0.3 is 4.55 Å². The van der Waals surface area contributed by atoms with Gasteiger partial charge in [-0.15, -0.1) is 11.3 Å². The topological polar surface area (TPSA) is 57.2 Å². The number of aryl methyl sites for hydroxylation is 1. The van der Waals surface area contributed by atoms with Crippen LogP contribution >= 0.6 is 11.3 Å². The molecule has 0 amide bonds. The molecular weight excluding hydrogens is 256 g/mol. The highest BCUT2D eigenvalue weighted by molar-refractivity contribution is 7.82. The minimum atomic E-state index is -2.23. The van der Waals surface area contributed by atoms with E-state index in [4.69, 9.17) is 0 Å². The molecule has 2 aromatic rings. The number of hydrogen-bond acceptors (Lipinski definition) is 4. The van der Waals surface area contributed by atoms with Crippen LogP contribution in [0.2, 0.25) is 0 Å². The summed E-state index contributed by atoms with van der Waals surface area (Å²) >= 11 is -0.983. The quantitative estimate of drug-likeness (QED) is 0.633. The Labute approximate surface area is 105 Å². The highest BCUT2D eigenvalue weighted by Crippen LogP contribution is 2.33. The summed E-state index contributed by atoms with van der Waals surface area (Å²) in [7, 11) is 0. The zero-order chi connectivity index (χ0) is 12.4.